The highest BCUT2D eigenvalue weighted by Crippen LogP contribution is 2.27. The van der Waals surface area contributed by atoms with Crippen molar-refractivity contribution in [1.29, 1.82) is 0 Å². The van der Waals surface area contributed by atoms with Gasteiger partial charge in [-0.05, 0) is 55.3 Å². The summed E-state index contributed by atoms with van der Waals surface area (Å²) in [6, 6.07) is 9.94. The van der Waals surface area contributed by atoms with Gasteiger partial charge >= 0.3 is 0 Å². The second-order valence-electron chi connectivity index (χ2n) is 6.47. The van der Waals surface area contributed by atoms with Crippen LogP contribution in [0.15, 0.2) is 47.4 Å². The van der Waals surface area contributed by atoms with E-state index in [0.29, 0.717) is 24.3 Å². The topological polar surface area (TPSA) is 75.7 Å². The lowest BCUT2D eigenvalue weighted by atomic mass is 9.97. The van der Waals surface area contributed by atoms with Crippen LogP contribution in [0.25, 0.3) is 0 Å². The molecule has 0 saturated carbocycles. The van der Waals surface area contributed by atoms with Crippen LogP contribution in [0.5, 0.6) is 5.75 Å². The van der Waals surface area contributed by atoms with Gasteiger partial charge in [0.25, 0.3) is 0 Å². The van der Waals surface area contributed by atoms with Gasteiger partial charge in [-0.3, -0.25) is 4.79 Å². The van der Waals surface area contributed by atoms with Gasteiger partial charge in [0.15, 0.2) is 0 Å². The Balaban J connectivity index is 1.62. The Morgan fingerprint density at radius 1 is 1.18 bits per heavy atom. The zero-order valence-electron chi connectivity index (χ0n) is 15.2. The van der Waals surface area contributed by atoms with Crippen LogP contribution < -0.4 is 10.1 Å². The summed E-state index contributed by atoms with van der Waals surface area (Å²) in [5.41, 5.74) is 0.335. The fourth-order valence-corrected chi connectivity index (χ4v) is 4.76. The maximum absolute atomic E-state index is 13.1. The van der Waals surface area contributed by atoms with E-state index >= 15 is 0 Å². The molecule has 1 aliphatic heterocycles. The summed E-state index contributed by atoms with van der Waals surface area (Å²) >= 11 is 5.93. The molecule has 0 unspecified atom stereocenters. The number of hydrogen-bond donors (Lipinski definition) is 1. The summed E-state index contributed by atoms with van der Waals surface area (Å²) in [4.78, 5) is 12.6. The highest BCUT2D eigenvalue weighted by atomic mass is 35.5. The number of rotatable bonds is 5. The van der Waals surface area contributed by atoms with E-state index in [0.717, 1.165) is 6.07 Å². The van der Waals surface area contributed by atoms with Gasteiger partial charge in [-0.1, -0.05) is 11.6 Å². The number of nitrogens with zero attached hydrogens (tertiary/aromatic N) is 1. The molecular formula is C19H20ClFN2O4S. The van der Waals surface area contributed by atoms with Crippen molar-refractivity contribution < 1.29 is 22.3 Å². The van der Waals surface area contributed by atoms with Crippen LogP contribution >= 0.6 is 11.6 Å². The number of hydrogen-bond acceptors (Lipinski definition) is 4. The summed E-state index contributed by atoms with van der Waals surface area (Å²) in [6.07, 6.45) is 0.778. The molecule has 9 heteroatoms. The van der Waals surface area contributed by atoms with E-state index in [2.05, 4.69) is 5.32 Å². The van der Waals surface area contributed by atoms with Crippen molar-refractivity contribution in [2.75, 3.05) is 25.5 Å². The second-order valence-corrected chi connectivity index (χ2v) is 8.81. The number of nitrogens with one attached hydrogen (secondary N) is 1. The molecule has 0 aliphatic carbocycles. The van der Waals surface area contributed by atoms with Crippen molar-refractivity contribution in [3.63, 3.8) is 0 Å². The SMILES string of the molecule is COc1ccc(S(=O)(=O)N2CCC(C(=O)Nc3ccc(F)cc3Cl)CC2)cc1. The fraction of sp³-hybridized carbons (Fsp3) is 0.316. The molecule has 0 aromatic heterocycles. The van der Waals surface area contributed by atoms with Crippen LogP contribution in [-0.2, 0) is 14.8 Å². The number of sulfonamides is 1. The average Bonchev–Trinajstić information content (AvgIpc) is 2.70. The number of carbonyl (C=O) groups excluding carboxylic acids is 1. The lowest BCUT2D eigenvalue weighted by Gasteiger charge is -2.30. The van der Waals surface area contributed by atoms with E-state index < -0.39 is 15.8 Å². The van der Waals surface area contributed by atoms with Crippen LogP contribution in [0.1, 0.15) is 12.8 Å². The monoisotopic (exact) mass is 426 g/mol. The van der Waals surface area contributed by atoms with E-state index in [1.165, 1.54) is 35.7 Å². The minimum Gasteiger partial charge on any atom is -0.497 e. The third-order valence-electron chi connectivity index (χ3n) is 4.71. The van der Waals surface area contributed by atoms with E-state index in [1.54, 1.807) is 12.1 Å². The first kappa shape index (κ1) is 20.6. The van der Waals surface area contributed by atoms with Crippen LogP contribution in [0.2, 0.25) is 5.02 Å². The van der Waals surface area contributed by atoms with Gasteiger partial charge in [-0.15, -0.1) is 0 Å². The third-order valence-corrected chi connectivity index (χ3v) is 6.94. The molecule has 1 N–H and O–H groups in total. The molecule has 1 heterocycles. The van der Waals surface area contributed by atoms with E-state index in [1.807, 2.05) is 0 Å². The van der Waals surface area contributed by atoms with Crippen LogP contribution in [0.3, 0.4) is 0 Å². The Kier molecular flexibility index (Phi) is 6.22. The summed E-state index contributed by atoms with van der Waals surface area (Å²) in [7, 11) is -2.11. The Morgan fingerprint density at radius 2 is 1.82 bits per heavy atom. The molecule has 1 aliphatic rings. The molecule has 1 amide bonds. The first-order valence-electron chi connectivity index (χ1n) is 8.71. The number of ether oxygens (including phenoxy) is 1. The first-order valence-corrected chi connectivity index (χ1v) is 10.5. The molecule has 2 aromatic rings. The molecular weight excluding hydrogens is 407 g/mol. The molecule has 1 saturated heterocycles. The van der Waals surface area contributed by atoms with Crippen molar-refractivity contribution in [3.05, 3.63) is 53.3 Å². The molecule has 3 rings (SSSR count). The second kappa shape index (κ2) is 8.46. The van der Waals surface area contributed by atoms with Crippen LogP contribution in [0.4, 0.5) is 10.1 Å². The Hall–Kier alpha value is -2.16. The Morgan fingerprint density at radius 3 is 2.39 bits per heavy atom. The number of amides is 1. The van der Waals surface area contributed by atoms with Crippen LogP contribution in [-0.4, -0.2) is 38.8 Å². The lowest BCUT2D eigenvalue weighted by molar-refractivity contribution is -0.120. The van der Waals surface area contributed by atoms with Crippen molar-refractivity contribution in [1.82, 2.24) is 4.31 Å². The third kappa shape index (κ3) is 4.45. The predicted molar refractivity (Wildman–Crippen MR) is 105 cm³/mol. The zero-order chi connectivity index (χ0) is 20.3. The highest BCUT2D eigenvalue weighted by molar-refractivity contribution is 7.89. The zero-order valence-corrected chi connectivity index (χ0v) is 16.8. The van der Waals surface area contributed by atoms with Crippen molar-refractivity contribution in [2.24, 2.45) is 5.92 Å². The van der Waals surface area contributed by atoms with Gasteiger partial charge in [0.2, 0.25) is 15.9 Å². The molecule has 0 atom stereocenters. The smallest absolute Gasteiger partial charge is 0.243 e. The first-order chi connectivity index (χ1) is 13.3. The molecule has 150 valence electrons. The normalized spacial score (nSPS) is 16.0. The van der Waals surface area contributed by atoms with Gasteiger partial charge in [-0.2, -0.15) is 4.31 Å². The van der Waals surface area contributed by atoms with E-state index in [9.17, 15) is 17.6 Å². The number of benzene rings is 2. The predicted octanol–water partition coefficient (Wildman–Crippen LogP) is 3.53. The van der Waals surface area contributed by atoms with Gasteiger partial charge in [0, 0.05) is 19.0 Å². The van der Waals surface area contributed by atoms with Gasteiger partial charge in [-0.25, -0.2) is 12.8 Å². The molecule has 0 spiro atoms. The Bertz CT molecular complexity index is 958. The quantitative estimate of drug-likeness (QED) is 0.793. The van der Waals surface area contributed by atoms with Gasteiger partial charge < -0.3 is 10.1 Å². The average molecular weight is 427 g/mol. The molecule has 6 nitrogen and oxygen atoms in total. The van der Waals surface area contributed by atoms with Gasteiger partial charge in [0.1, 0.15) is 11.6 Å². The Labute approximate surface area is 168 Å². The number of methoxy groups -OCH3 is 1. The molecule has 2 aromatic carbocycles. The maximum atomic E-state index is 13.1. The van der Waals surface area contributed by atoms with Crippen molar-refractivity contribution in [3.8, 4) is 5.75 Å². The summed E-state index contributed by atoms with van der Waals surface area (Å²) in [6.45, 7) is 0.479. The van der Waals surface area contributed by atoms with E-state index in [-0.39, 0.29) is 34.8 Å². The molecule has 0 bridgehead atoms. The minimum absolute atomic E-state index is 0.118. The van der Waals surface area contributed by atoms with Gasteiger partial charge in [0.05, 0.1) is 22.7 Å². The van der Waals surface area contributed by atoms with Crippen LogP contribution in [0, 0.1) is 11.7 Å². The fourth-order valence-electron chi connectivity index (χ4n) is 3.08. The van der Waals surface area contributed by atoms with E-state index in [4.69, 9.17) is 16.3 Å². The molecule has 1 fully saturated rings. The lowest BCUT2D eigenvalue weighted by Crippen LogP contribution is -2.41. The number of halogens is 2. The largest absolute Gasteiger partial charge is 0.497 e. The number of anilines is 1. The molecule has 0 radical (unpaired) electrons. The summed E-state index contributed by atoms with van der Waals surface area (Å²) in [5, 5.41) is 2.80. The number of carbonyl (C=O) groups is 1. The molecule has 28 heavy (non-hydrogen) atoms. The minimum atomic E-state index is -3.62. The highest BCUT2D eigenvalue weighted by Gasteiger charge is 2.32. The van der Waals surface area contributed by atoms with Crippen molar-refractivity contribution >= 4 is 33.2 Å². The summed E-state index contributed by atoms with van der Waals surface area (Å²) in [5.74, 6) is -0.507. The maximum Gasteiger partial charge on any atom is 0.243 e. The summed E-state index contributed by atoms with van der Waals surface area (Å²) < 4.78 is 45.1. The number of piperidine rings is 1. The van der Waals surface area contributed by atoms with Crippen molar-refractivity contribution in [2.45, 2.75) is 17.7 Å². The standard InChI is InChI=1S/C19H20ClFN2O4S/c1-27-15-3-5-16(6-4-15)28(25,26)23-10-8-13(9-11-23)19(24)22-18-7-2-14(21)12-17(18)20/h2-7,12-13H,8-11H2,1H3,(H,22,24).